The van der Waals surface area contributed by atoms with E-state index in [9.17, 15) is 19.2 Å². The number of ether oxygens (including phenoxy) is 4. The molecule has 17 heteroatoms. The van der Waals surface area contributed by atoms with Gasteiger partial charge in [-0.1, -0.05) is 24.3 Å². The minimum atomic E-state index is -0.899. The zero-order valence-electron chi connectivity index (χ0n) is 33.8. The molecule has 7 rings (SSSR count). The zero-order chi connectivity index (χ0) is 41.1. The third kappa shape index (κ3) is 8.07. The number of carbonyl (C=O) groups excluding carboxylic acids is 4. The molecule has 3 aliphatic rings. The summed E-state index contributed by atoms with van der Waals surface area (Å²) in [6.45, 7) is 4.57. The molecule has 2 aliphatic heterocycles. The Balaban J connectivity index is 1.07. The van der Waals surface area contributed by atoms with Crippen molar-refractivity contribution in [1.29, 1.82) is 0 Å². The van der Waals surface area contributed by atoms with Crippen LogP contribution in [0, 0.1) is 0 Å². The Morgan fingerprint density at radius 3 is 1.66 bits per heavy atom. The highest BCUT2D eigenvalue weighted by Gasteiger charge is 2.40. The Bertz CT molecular complexity index is 2110. The Morgan fingerprint density at radius 1 is 0.690 bits per heavy atom. The number of aromatic nitrogens is 4. The van der Waals surface area contributed by atoms with E-state index in [-0.39, 0.29) is 23.9 Å². The molecule has 5 heterocycles. The first-order chi connectivity index (χ1) is 28.1. The largest absolute Gasteiger partial charge is 0.453 e. The molecule has 16 nitrogen and oxygen atoms in total. The Morgan fingerprint density at radius 2 is 1.16 bits per heavy atom. The van der Waals surface area contributed by atoms with Crippen LogP contribution in [0.4, 0.5) is 9.59 Å². The number of imidazole rings is 2. The summed E-state index contributed by atoms with van der Waals surface area (Å²) in [7, 11) is 5.54. The van der Waals surface area contributed by atoms with Gasteiger partial charge in [-0.05, 0) is 81.0 Å². The van der Waals surface area contributed by atoms with Gasteiger partial charge in [0.05, 0.1) is 67.2 Å². The van der Waals surface area contributed by atoms with Crippen LogP contribution < -0.4 is 10.6 Å². The van der Waals surface area contributed by atoms with Crippen molar-refractivity contribution in [2.24, 2.45) is 0 Å². The van der Waals surface area contributed by atoms with Gasteiger partial charge in [0.15, 0.2) is 0 Å². The second kappa shape index (κ2) is 17.7. The van der Waals surface area contributed by atoms with Crippen LogP contribution in [-0.2, 0) is 41.4 Å². The number of aromatic amines is 2. The van der Waals surface area contributed by atoms with Crippen LogP contribution >= 0.6 is 11.3 Å². The minimum absolute atomic E-state index is 0.235. The summed E-state index contributed by atoms with van der Waals surface area (Å²) < 4.78 is 20.4. The van der Waals surface area contributed by atoms with Gasteiger partial charge in [0, 0.05) is 32.2 Å². The number of nitrogens with one attached hydrogen (secondary N) is 4. The third-order valence-electron chi connectivity index (χ3n) is 11.7. The van der Waals surface area contributed by atoms with E-state index < -0.39 is 36.5 Å². The molecule has 0 saturated carbocycles. The van der Waals surface area contributed by atoms with Crippen LogP contribution in [0.1, 0.15) is 80.8 Å². The molecular formula is C41H52N8O8S. The number of methoxy groups -OCH3 is 4. The average Bonchev–Trinajstić information content (AvgIpc) is 4.10. The number of fused-ring (bicyclic) bond motifs is 1. The highest BCUT2D eigenvalue weighted by molar-refractivity contribution is 7.19. The van der Waals surface area contributed by atoms with Crippen molar-refractivity contribution < 1.29 is 38.1 Å². The number of thiophene rings is 1. The number of carbonyl (C=O) groups is 4. The van der Waals surface area contributed by atoms with Gasteiger partial charge in [-0.2, -0.15) is 0 Å². The molecule has 6 atom stereocenters. The molecule has 2 saturated heterocycles. The number of alkyl carbamates (subject to hydrolysis) is 2. The van der Waals surface area contributed by atoms with Crippen LogP contribution in [0.25, 0.3) is 32.3 Å². The predicted molar refractivity (Wildman–Crippen MR) is 216 cm³/mol. The van der Waals surface area contributed by atoms with E-state index >= 15 is 0 Å². The maximum atomic E-state index is 13.8. The van der Waals surface area contributed by atoms with E-state index in [2.05, 4.69) is 44.9 Å². The van der Waals surface area contributed by atoms with Crippen molar-refractivity contribution in [3.05, 3.63) is 59.4 Å². The molecule has 310 valence electrons. The van der Waals surface area contributed by atoms with E-state index in [0.29, 0.717) is 18.9 Å². The fourth-order valence-corrected chi connectivity index (χ4v) is 9.76. The number of rotatable bonds is 13. The normalized spacial score (nSPS) is 19.7. The maximum absolute atomic E-state index is 13.8. The van der Waals surface area contributed by atoms with E-state index in [0.717, 1.165) is 78.2 Å². The average molecular weight is 817 g/mol. The summed E-state index contributed by atoms with van der Waals surface area (Å²) in [6, 6.07) is 6.15. The van der Waals surface area contributed by atoms with Crippen molar-refractivity contribution >= 4 is 35.3 Å². The molecule has 0 unspecified atom stereocenters. The SMILES string of the molecule is COC(=O)N[C@H](C(=O)N1CCC[C@H]1c1ncc(-c2ccc(-c3sc(-c4cnc([C@@H]5CCCN5C(=O)[C@@H](NC(=O)OC)[C@@H](C)OC)[nH]4)c4c3CCC4)cc2)[nH]1)[C@@H](C)OC. The minimum Gasteiger partial charge on any atom is -0.453 e. The highest BCUT2D eigenvalue weighted by Crippen LogP contribution is 2.46. The van der Waals surface area contributed by atoms with Crippen molar-refractivity contribution in [2.45, 2.75) is 95.2 Å². The van der Waals surface area contributed by atoms with Gasteiger partial charge >= 0.3 is 12.2 Å². The van der Waals surface area contributed by atoms with E-state index in [4.69, 9.17) is 28.9 Å². The second-order valence-corrected chi connectivity index (χ2v) is 16.0. The van der Waals surface area contributed by atoms with Crippen LogP contribution in [0.3, 0.4) is 0 Å². The number of H-pyrrole nitrogens is 2. The van der Waals surface area contributed by atoms with E-state index in [1.807, 2.05) is 6.20 Å². The van der Waals surface area contributed by atoms with Gasteiger partial charge in [-0.3, -0.25) is 9.59 Å². The van der Waals surface area contributed by atoms with Crippen molar-refractivity contribution in [1.82, 2.24) is 40.4 Å². The number of benzene rings is 1. The van der Waals surface area contributed by atoms with Gasteiger partial charge in [-0.15, -0.1) is 11.3 Å². The lowest BCUT2D eigenvalue weighted by Gasteiger charge is -2.30. The number of hydrogen-bond donors (Lipinski definition) is 4. The Hall–Kier alpha value is -5.26. The van der Waals surface area contributed by atoms with Crippen LogP contribution in [-0.4, -0.2) is 120 Å². The van der Waals surface area contributed by atoms with Crippen molar-refractivity contribution in [3.63, 3.8) is 0 Å². The molecule has 0 bridgehead atoms. The molecule has 2 fully saturated rings. The number of amides is 4. The van der Waals surface area contributed by atoms with Crippen LogP contribution in [0.2, 0.25) is 0 Å². The summed E-state index contributed by atoms with van der Waals surface area (Å²) in [5.41, 5.74) is 6.59. The topological polar surface area (TPSA) is 193 Å². The first-order valence-corrected chi connectivity index (χ1v) is 20.6. The lowest BCUT2D eigenvalue weighted by molar-refractivity contribution is -0.138. The summed E-state index contributed by atoms with van der Waals surface area (Å²) in [4.78, 5) is 74.1. The van der Waals surface area contributed by atoms with Gasteiger partial charge in [0.2, 0.25) is 11.8 Å². The number of nitrogens with zero attached hydrogens (tertiary/aromatic N) is 4. The summed E-state index contributed by atoms with van der Waals surface area (Å²) in [5, 5.41) is 5.28. The second-order valence-electron chi connectivity index (χ2n) is 15.0. The van der Waals surface area contributed by atoms with Gasteiger partial charge < -0.3 is 49.3 Å². The smallest absolute Gasteiger partial charge is 0.407 e. The quantitative estimate of drug-likeness (QED) is 0.133. The maximum Gasteiger partial charge on any atom is 0.407 e. The van der Waals surface area contributed by atoms with Gasteiger partial charge in [-0.25, -0.2) is 19.6 Å². The molecule has 58 heavy (non-hydrogen) atoms. The monoisotopic (exact) mass is 816 g/mol. The lowest BCUT2D eigenvalue weighted by Crippen LogP contribution is -2.54. The van der Waals surface area contributed by atoms with E-state index in [1.54, 1.807) is 41.2 Å². The van der Waals surface area contributed by atoms with Crippen molar-refractivity contribution in [2.75, 3.05) is 41.5 Å². The fraction of sp³-hybridized carbons (Fsp3) is 0.512. The molecule has 0 radical (unpaired) electrons. The molecule has 4 N–H and O–H groups in total. The van der Waals surface area contributed by atoms with Crippen LogP contribution in [0.15, 0.2) is 36.7 Å². The highest BCUT2D eigenvalue weighted by atomic mass is 32.1. The van der Waals surface area contributed by atoms with E-state index in [1.165, 1.54) is 44.4 Å². The lowest BCUT2D eigenvalue weighted by atomic mass is 10.0. The summed E-state index contributed by atoms with van der Waals surface area (Å²) in [5.74, 6) is 0.935. The predicted octanol–water partition coefficient (Wildman–Crippen LogP) is 5.53. The molecule has 0 spiro atoms. The Kier molecular flexibility index (Phi) is 12.5. The molecule has 4 amide bonds. The third-order valence-corrected chi connectivity index (χ3v) is 13.1. The number of likely N-dealkylation sites (tertiary alicyclic amines) is 2. The first-order valence-electron chi connectivity index (χ1n) is 19.8. The van der Waals surface area contributed by atoms with Gasteiger partial charge in [0.25, 0.3) is 0 Å². The molecular weight excluding hydrogens is 765 g/mol. The molecule has 3 aromatic heterocycles. The van der Waals surface area contributed by atoms with Crippen molar-refractivity contribution in [3.8, 4) is 32.3 Å². The Labute approximate surface area is 341 Å². The van der Waals surface area contributed by atoms with Gasteiger partial charge in [0.1, 0.15) is 23.7 Å². The van der Waals surface area contributed by atoms with Crippen LogP contribution in [0.5, 0.6) is 0 Å². The molecule has 1 aliphatic carbocycles. The first kappa shape index (κ1) is 40.9. The zero-order valence-corrected chi connectivity index (χ0v) is 34.6. The molecule has 4 aromatic rings. The standard InChI is InChI=1S/C41H52N8O8S/c1-22(54-3)32(46-40(52)56-5)38(50)48-18-8-12-30(48)36-42-20-28(44-36)24-14-16-25(17-15-24)34-26-10-7-11-27(26)35(58-34)29-21-43-37(45-29)31-13-9-19-49(31)39(51)33(23(2)55-4)47-41(53)57-6/h14-17,20-23,30-33H,7-13,18-19H2,1-6H3,(H,42,44)(H,43,45)(H,46,52)(H,47,53)/t22-,23-,30+,31+,32+,33+/m1/s1. The fourth-order valence-electron chi connectivity index (χ4n) is 8.39. The molecule has 1 aromatic carbocycles. The number of hydrogen-bond acceptors (Lipinski definition) is 11. The summed E-state index contributed by atoms with van der Waals surface area (Å²) >= 11 is 1.76. The summed E-state index contributed by atoms with van der Waals surface area (Å²) in [6.07, 6.45) is 7.37.